The highest BCUT2D eigenvalue weighted by atomic mass is 16.5. The van der Waals surface area contributed by atoms with E-state index in [1.54, 1.807) is 41.3 Å². The van der Waals surface area contributed by atoms with Crippen molar-refractivity contribution < 1.29 is 19.1 Å². The average molecular weight is 396 g/mol. The van der Waals surface area contributed by atoms with E-state index in [1.807, 2.05) is 12.1 Å². The number of hydrogen-bond acceptors (Lipinski definition) is 4. The number of hydrogen-bond donors (Lipinski definition) is 1. The first-order valence-electron chi connectivity index (χ1n) is 10.2. The molecule has 0 aliphatic carbocycles. The van der Waals surface area contributed by atoms with Gasteiger partial charge in [0.1, 0.15) is 5.75 Å². The molecule has 0 saturated carbocycles. The Kier molecular flexibility index (Phi) is 7.64. The highest BCUT2D eigenvalue weighted by molar-refractivity contribution is 6.06. The smallest absolute Gasteiger partial charge is 0.259 e. The van der Waals surface area contributed by atoms with E-state index in [1.165, 1.54) is 0 Å². The number of benzene rings is 2. The van der Waals surface area contributed by atoms with Crippen molar-refractivity contribution >= 4 is 17.5 Å². The molecule has 2 amide bonds. The van der Waals surface area contributed by atoms with E-state index < -0.39 is 0 Å². The lowest BCUT2D eigenvalue weighted by atomic mass is 10.1. The number of ether oxygens (including phenoxy) is 2. The second-order valence-electron chi connectivity index (χ2n) is 6.99. The zero-order chi connectivity index (χ0) is 20.5. The maximum atomic E-state index is 12.8. The number of rotatable bonds is 8. The van der Waals surface area contributed by atoms with Crippen LogP contribution in [0.3, 0.4) is 0 Å². The summed E-state index contributed by atoms with van der Waals surface area (Å²) in [7, 11) is 0. The topological polar surface area (TPSA) is 67.9 Å². The first-order chi connectivity index (χ1) is 14.2. The summed E-state index contributed by atoms with van der Waals surface area (Å²) in [6.07, 6.45) is 3.17. The Bertz CT molecular complexity index is 831. The normalized spacial score (nSPS) is 13.8. The average Bonchev–Trinajstić information content (AvgIpc) is 2.77. The number of carbonyl (C=O) groups excluding carboxylic acids is 2. The molecule has 1 fully saturated rings. The summed E-state index contributed by atoms with van der Waals surface area (Å²) in [6, 6.07) is 14.2. The lowest BCUT2D eigenvalue weighted by molar-refractivity contribution is 0.0303. The summed E-state index contributed by atoms with van der Waals surface area (Å²) in [6.45, 7) is 4.99. The highest BCUT2D eigenvalue weighted by Crippen LogP contribution is 2.21. The maximum Gasteiger partial charge on any atom is 0.259 e. The molecule has 1 N–H and O–H groups in total. The third-order valence-corrected chi connectivity index (χ3v) is 4.80. The van der Waals surface area contributed by atoms with Crippen LogP contribution >= 0.6 is 0 Å². The van der Waals surface area contributed by atoms with Crippen LogP contribution < -0.4 is 10.1 Å². The zero-order valence-electron chi connectivity index (χ0n) is 16.9. The predicted molar refractivity (Wildman–Crippen MR) is 113 cm³/mol. The van der Waals surface area contributed by atoms with E-state index in [0.29, 0.717) is 55.5 Å². The monoisotopic (exact) mass is 396 g/mol. The van der Waals surface area contributed by atoms with Gasteiger partial charge in [-0.15, -0.1) is 0 Å². The van der Waals surface area contributed by atoms with E-state index in [0.717, 1.165) is 19.3 Å². The van der Waals surface area contributed by atoms with Gasteiger partial charge in [-0.1, -0.05) is 38.0 Å². The number of para-hydroxylation sites is 1. The molecular formula is C23H28N2O4. The second-order valence-corrected chi connectivity index (χ2v) is 6.99. The molecule has 1 aliphatic rings. The summed E-state index contributed by atoms with van der Waals surface area (Å²) in [5, 5.41) is 2.88. The van der Waals surface area contributed by atoms with Gasteiger partial charge in [-0.25, -0.2) is 0 Å². The lowest BCUT2D eigenvalue weighted by Crippen LogP contribution is -2.40. The minimum Gasteiger partial charge on any atom is -0.493 e. The van der Waals surface area contributed by atoms with Crippen LogP contribution in [0.25, 0.3) is 0 Å². The first kappa shape index (κ1) is 20.9. The molecule has 1 saturated heterocycles. The summed E-state index contributed by atoms with van der Waals surface area (Å²) in [5.41, 5.74) is 1.61. The summed E-state index contributed by atoms with van der Waals surface area (Å²) in [4.78, 5) is 27.2. The summed E-state index contributed by atoms with van der Waals surface area (Å²) >= 11 is 0. The number of nitrogens with one attached hydrogen (secondary N) is 1. The molecule has 0 spiro atoms. The molecule has 0 atom stereocenters. The van der Waals surface area contributed by atoms with Crippen molar-refractivity contribution in [3.05, 3.63) is 59.7 Å². The Morgan fingerprint density at radius 3 is 2.66 bits per heavy atom. The summed E-state index contributed by atoms with van der Waals surface area (Å²) < 4.78 is 11.1. The quantitative estimate of drug-likeness (QED) is 0.686. The predicted octanol–water partition coefficient (Wildman–Crippen LogP) is 3.98. The molecule has 29 heavy (non-hydrogen) atoms. The molecular weight excluding hydrogens is 368 g/mol. The number of nitrogens with zero attached hydrogens (tertiary/aromatic N) is 1. The van der Waals surface area contributed by atoms with Gasteiger partial charge in [-0.2, -0.15) is 0 Å². The van der Waals surface area contributed by atoms with Gasteiger partial charge < -0.3 is 19.7 Å². The Balaban J connectivity index is 1.67. The molecule has 0 aromatic heterocycles. The fraction of sp³-hybridized carbons (Fsp3) is 0.391. The van der Waals surface area contributed by atoms with E-state index in [9.17, 15) is 9.59 Å². The van der Waals surface area contributed by atoms with E-state index in [4.69, 9.17) is 9.47 Å². The molecule has 1 heterocycles. The van der Waals surface area contributed by atoms with Crippen LogP contribution in [0.15, 0.2) is 48.5 Å². The number of anilines is 1. The standard InChI is InChI=1S/C23H28N2O4/c1-2-3-6-14-29-21-11-5-4-10-20(21)22(26)24-19-9-7-8-18(17-19)23(27)25-12-15-28-16-13-25/h4-5,7-11,17H,2-3,6,12-16H2,1H3,(H,24,26). The van der Waals surface area contributed by atoms with Gasteiger partial charge in [0, 0.05) is 24.3 Å². The van der Waals surface area contributed by atoms with Crippen molar-refractivity contribution in [2.45, 2.75) is 26.2 Å². The number of carbonyl (C=O) groups is 2. The van der Waals surface area contributed by atoms with Crippen molar-refractivity contribution in [1.29, 1.82) is 0 Å². The number of unbranched alkanes of at least 4 members (excludes halogenated alkanes) is 2. The van der Waals surface area contributed by atoms with Crippen LogP contribution in [0.4, 0.5) is 5.69 Å². The molecule has 6 heteroatoms. The first-order valence-corrected chi connectivity index (χ1v) is 10.2. The van der Waals surface area contributed by atoms with Gasteiger partial charge in [0.05, 0.1) is 25.4 Å². The van der Waals surface area contributed by atoms with Crippen LogP contribution in [-0.4, -0.2) is 49.6 Å². The van der Waals surface area contributed by atoms with Gasteiger partial charge in [0.2, 0.25) is 0 Å². The minimum atomic E-state index is -0.257. The minimum absolute atomic E-state index is 0.0518. The number of morpholine rings is 1. The van der Waals surface area contributed by atoms with Crippen molar-refractivity contribution in [1.82, 2.24) is 4.90 Å². The number of amides is 2. The van der Waals surface area contributed by atoms with Crippen molar-refractivity contribution in [3.63, 3.8) is 0 Å². The molecule has 1 aliphatic heterocycles. The van der Waals surface area contributed by atoms with Gasteiger partial charge >= 0.3 is 0 Å². The van der Waals surface area contributed by atoms with Crippen LogP contribution in [0.5, 0.6) is 5.75 Å². The Morgan fingerprint density at radius 2 is 1.86 bits per heavy atom. The molecule has 3 rings (SSSR count). The maximum absolute atomic E-state index is 12.8. The molecule has 0 radical (unpaired) electrons. The summed E-state index contributed by atoms with van der Waals surface area (Å²) in [5.74, 6) is 0.262. The van der Waals surface area contributed by atoms with Crippen molar-refractivity contribution in [3.8, 4) is 5.75 Å². The zero-order valence-corrected chi connectivity index (χ0v) is 16.9. The third kappa shape index (κ3) is 5.81. The molecule has 0 unspecified atom stereocenters. The van der Waals surface area contributed by atoms with E-state index in [2.05, 4.69) is 12.2 Å². The highest BCUT2D eigenvalue weighted by Gasteiger charge is 2.19. The van der Waals surface area contributed by atoms with Gasteiger partial charge in [-0.3, -0.25) is 9.59 Å². The fourth-order valence-electron chi connectivity index (χ4n) is 3.19. The van der Waals surface area contributed by atoms with Crippen LogP contribution in [-0.2, 0) is 4.74 Å². The largest absolute Gasteiger partial charge is 0.493 e. The molecule has 6 nitrogen and oxygen atoms in total. The van der Waals surface area contributed by atoms with E-state index >= 15 is 0 Å². The molecule has 2 aromatic carbocycles. The van der Waals surface area contributed by atoms with Gasteiger partial charge in [0.15, 0.2) is 0 Å². The van der Waals surface area contributed by atoms with Crippen LogP contribution in [0, 0.1) is 0 Å². The Labute approximate surface area is 171 Å². The van der Waals surface area contributed by atoms with E-state index in [-0.39, 0.29) is 11.8 Å². The molecule has 0 bridgehead atoms. The van der Waals surface area contributed by atoms with Gasteiger partial charge in [-0.05, 0) is 36.8 Å². The van der Waals surface area contributed by atoms with Crippen LogP contribution in [0.2, 0.25) is 0 Å². The third-order valence-electron chi connectivity index (χ3n) is 4.80. The fourth-order valence-corrected chi connectivity index (χ4v) is 3.19. The Morgan fingerprint density at radius 1 is 1.07 bits per heavy atom. The van der Waals surface area contributed by atoms with Crippen molar-refractivity contribution in [2.75, 3.05) is 38.2 Å². The molecule has 2 aromatic rings. The van der Waals surface area contributed by atoms with Crippen LogP contribution in [0.1, 0.15) is 46.9 Å². The lowest BCUT2D eigenvalue weighted by Gasteiger charge is -2.27. The SMILES string of the molecule is CCCCCOc1ccccc1C(=O)Nc1cccc(C(=O)N2CCOCC2)c1. The van der Waals surface area contributed by atoms with Crippen molar-refractivity contribution in [2.24, 2.45) is 0 Å². The second kappa shape index (κ2) is 10.6. The van der Waals surface area contributed by atoms with Gasteiger partial charge in [0.25, 0.3) is 11.8 Å². The Hall–Kier alpha value is -2.86. The molecule has 154 valence electrons.